The van der Waals surface area contributed by atoms with Crippen molar-refractivity contribution in [3.8, 4) is 5.69 Å². The van der Waals surface area contributed by atoms with Crippen LogP contribution in [0.1, 0.15) is 30.2 Å². The Kier molecular flexibility index (Phi) is 3.13. The molecule has 0 spiro atoms. The maximum atomic E-state index is 5.84. The predicted octanol–water partition coefficient (Wildman–Crippen LogP) is 2.42. The van der Waals surface area contributed by atoms with Gasteiger partial charge in [0.05, 0.1) is 11.4 Å². The Hall–Kier alpha value is -1.84. The van der Waals surface area contributed by atoms with Crippen LogP contribution in [-0.2, 0) is 6.42 Å². The van der Waals surface area contributed by atoms with Gasteiger partial charge in [-0.3, -0.25) is 0 Å². The van der Waals surface area contributed by atoms with Crippen LogP contribution in [-0.4, -0.2) is 15.0 Å². The van der Waals surface area contributed by atoms with E-state index in [1.54, 1.807) is 0 Å². The first-order chi connectivity index (χ1) is 8.13. The largest absolute Gasteiger partial charge is 0.381 e. The number of nitrogens with two attached hydrogens (primary N) is 1. The van der Waals surface area contributed by atoms with E-state index in [0.717, 1.165) is 24.2 Å². The number of aromatic nitrogens is 3. The fraction of sp³-hybridized carbons (Fsp3) is 0.385. The molecule has 1 aromatic carbocycles. The molecule has 0 aliphatic rings. The number of nitrogens with zero attached hydrogens (tertiary/aromatic N) is 3. The Bertz CT molecular complexity index is 528. The molecule has 17 heavy (non-hydrogen) atoms. The summed E-state index contributed by atoms with van der Waals surface area (Å²) in [6.07, 6.45) is 1.92. The molecule has 2 N–H and O–H groups in total. The van der Waals surface area contributed by atoms with E-state index < -0.39 is 0 Å². The summed E-state index contributed by atoms with van der Waals surface area (Å²) in [5.41, 5.74) is 10.4. The summed E-state index contributed by atoms with van der Waals surface area (Å²) in [6, 6.07) is 6.26. The monoisotopic (exact) mass is 230 g/mol. The van der Waals surface area contributed by atoms with Gasteiger partial charge in [0.1, 0.15) is 0 Å². The summed E-state index contributed by atoms with van der Waals surface area (Å²) >= 11 is 0. The van der Waals surface area contributed by atoms with E-state index in [4.69, 9.17) is 5.73 Å². The molecule has 0 aliphatic heterocycles. The molecule has 0 unspecified atom stereocenters. The van der Waals surface area contributed by atoms with E-state index in [2.05, 4.69) is 49.3 Å². The van der Waals surface area contributed by atoms with Gasteiger partial charge in [-0.05, 0) is 43.5 Å². The third-order valence-corrected chi connectivity index (χ3v) is 3.02. The molecule has 4 nitrogen and oxygen atoms in total. The molecular formula is C13H18N4. The predicted molar refractivity (Wildman–Crippen MR) is 69.2 cm³/mol. The van der Waals surface area contributed by atoms with E-state index >= 15 is 0 Å². The Morgan fingerprint density at radius 2 is 2.00 bits per heavy atom. The van der Waals surface area contributed by atoms with Gasteiger partial charge in [-0.15, -0.1) is 5.10 Å². The van der Waals surface area contributed by atoms with Gasteiger partial charge in [0, 0.05) is 0 Å². The lowest BCUT2D eigenvalue weighted by Crippen LogP contribution is -2.04. The summed E-state index contributed by atoms with van der Waals surface area (Å²) in [5.74, 6) is 0.532. The van der Waals surface area contributed by atoms with Crippen LogP contribution in [0.15, 0.2) is 18.2 Å². The van der Waals surface area contributed by atoms with Crippen molar-refractivity contribution >= 4 is 5.82 Å². The van der Waals surface area contributed by atoms with E-state index in [-0.39, 0.29) is 0 Å². The summed E-state index contributed by atoms with van der Waals surface area (Å²) in [5, 5.41) is 8.07. The number of benzene rings is 1. The van der Waals surface area contributed by atoms with Crippen LogP contribution in [0.4, 0.5) is 5.82 Å². The SMILES string of the molecule is CCCc1c(N)nnn1-c1ccc(C)c(C)c1. The molecule has 1 heterocycles. The molecule has 0 aliphatic carbocycles. The fourth-order valence-electron chi connectivity index (χ4n) is 1.85. The van der Waals surface area contributed by atoms with Gasteiger partial charge in [0.2, 0.25) is 0 Å². The molecule has 2 rings (SSSR count). The van der Waals surface area contributed by atoms with Gasteiger partial charge in [0.25, 0.3) is 0 Å². The highest BCUT2D eigenvalue weighted by Crippen LogP contribution is 2.18. The lowest BCUT2D eigenvalue weighted by molar-refractivity contribution is 0.745. The van der Waals surface area contributed by atoms with Crippen molar-refractivity contribution in [1.82, 2.24) is 15.0 Å². The van der Waals surface area contributed by atoms with Crippen molar-refractivity contribution in [3.05, 3.63) is 35.0 Å². The highest BCUT2D eigenvalue weighted by atomic mass is 15.4. The molecule has 0 saturated carbocycles. The van der Waals surface area contributed by atoms with Crippen molar-refractivity contribution in [2.24, 2.45) is 0 Å². The number of rotatable bonds is 3. The maximum absolute atomic E-state index is 5.84. The molecule has 4 heteroatoms. The van der Waals surface area contributed by atoms with Gasteiger partial charge in [-0.2, -0.15) is 0 Å². The van der Waals surface area contributed by atoms with Crippen LogP contribution < -0.4 is 5.73 Å². The summed E-state index contributed by atoms with van der Waals surface area (Å²) in [7, 11) is 0. The Morgan fingerprint density at radius 1 is 1.24 bits per heavy atom. The first kappa shape index (κ1) is 11.6. The molecule has 1 aromatic heterocycles. The molecular weight excluding hydrogens is 212 g/mol. The van der Waals surface area contributed by atoms with Gasteiger partial charge in [-0.25, -0.2) is 4.68 Å². The maximum Gasteiger partial charge on any atom is 0.169 e. The zero-order valence-corrected chi connectivity index (χ0v) is 10.6. The number of anilines is 1. The molecule has 0 amide bonds. The Morgan fingerprint density at radius 3 is 2.65 bits per heavy atom. The average Bonchev–Trinajstić information content (AvgIpc) is 2.66. The van der Waals surface area contributed by atoms with Gasteiger partial charge in [-0.1, -0.05) is 24.6 Å². The van der Waals surface area contributed by atoms with Crippen molar-refractivity contribution in [1.29, 1.82) is 0 Å². The van der Waals surface area contributed by atoms with Crippen LogP contribution >= 0.6 is 0 Å². The van der Waals surface area contributed by atoms with E-state index in [9.17, 15) is 0 Å². The Balaban J connectivity index is 2.48. The first-order valence-corrected chi connectivity index (χ1v) is 5.91. The molecule has 0 radical (unpaired) electrons. The van der Waals surface area contributed by atoms with Gasteiger partial charge in [0.15, 0.2) is 5.82 Å². The zero-order valence-electron chi connectivity index (χ0n) is 10.6. The number of nitrogen functional groups attached to an aromatic ring is 1. The van der Waals surface area contributed by atoms with E-state index in [1.807, 2.05) is 4.68 Å². The second-order valence-electron chi connectivity index (χ2n) is 4.35. The molecule has 2 aromatic rings. The van der Waals surface area contributed by atoms with Crippen LogP contribution in [0.3, 0.4) is 0 Å². The number of hydrogen-bond acceptors (Lipinski definition) is 3. The van der Waals surface area contributed by atoms with Crippen LogP contribution in [0.5, 0.6) is 0 Å². The van der Waals surface area contributed by atoms with Crippen molar-refractivity contribution < 1.29 is 0 Å². The molecule has 90 valence electrons. The lowest BCUT2D eigenvalue weighted by atomic mass is 10.1. The van der Waals surface area contributed by atoms with E-state index in [0.29, 0.717) is 5.82 Å². The fourth-order valence-corrected chi connectivity index (χ4v) is 1.85. The highest BCUT2D eigenvalue weighted by molar-refractivity contribution is 5.44. The highest BCUT2D eigenvalue weighted by Gasteiger charge is 2.11. The molecule has 0 bridgehead atoms. The second-order valence-corrected chi connectivity index (χ2v) is 4.35. The summed E-state index contributed by atoms with van der Waals surface area (Å²) in [4.78, 5) is 0. The molecule has 0 saturated heterocycles. The second kappa shape index (κ2) is 4.57. The van der Waals surface area contributed by atoms with Gasteiger partial charge >= 0.3 is 0 Å². The van der Waals surface area contributed by atoms with Crippen LogP contribution in [0, 0.1) is 13.8 Å². The summed E-state index contributed by atoms with van der Waals surface area (Å²) < 4.78 is 1.84. The third kappa shape index (κ3) is 2.16. The molecule has 0 fully saturated rings. The molecule has 0 atom stereocenters. The van der Waals surface area contributed by atoms with Crippen molar-refractivity contribution in [2.75, 3.05) is 5.73 Å². The van der Waals surface area contributed by atoms with Crippen molar-refractivity contribution in [3.63, 3.8) is 0 Å². The average molecular weight is 230 g/mol. The normalized spacial score (nSPS) is 10.8. The smallest absolute Gasteiger partial charge is 0.169 e. The van der Waals surface area contributed by atoms with E-state index in [1.165, 1.54) is 11.1 Å². The van der Waals surface area contributed by atoms with Crippen LogP contribution in [0.2, 0.25) is 0 Å². The number of aryl methyl sites for hydroxylation is 2. The minimum absolute atomic E-state index is 0.532. The minimum atomic E-state index is 0.532. The lowest BCUT2D eigenvalue weighted by Gasteiger charge is -2.08. The Labute approximate surface area is 101 Å². The number of hydrogen-bond donors (Lipinski definition) is 1. The van der Waals surface area contributed by atoms with Crippen LogP contribution in [0.25, 0.3) is 5.69 Å². The topological polar surface area (TPSA) is 56.7 Å². The quantitative estimate of drug-likeness (QED) is 0.881. The van der Waals surface area contributed by atoms with Gasteiger partial charge < -0.3 is 5.73 Å². The minimum Gasteiger partial charge on any atom is -0.381 e. The standard InChI is InChI=1S/C13H18N4/c1-4-5-12-13(14)15-16-17(12)11-7-6-9(2)10(3)8-11/h6-8H,4-5,14H2,1-3H3. The van der Waals surface area contributed by atoms with Crippen molar-refractivity contribution in [2.45, 2.75) is 33.6 Å². The third-order valence-electron chi connectivity index (χ3n) is 3.02. The zero-order chi connectivity index (χ0) is 12.4. The first-order valence-electron chi connectivity index (χ1n) is 5.91. The summed E-state index contributed by atoms with van der Waals surface area (Å²) in [6.45, 7) is 6.32.